The van der Waals surface area contributed by atoms with Gasteiger partial charge in [0.05, 0.1) is 5.92 Å². The number of hydrogen-bond donors (Lipinski definition) is 1. The molecule has 102 valence electrons. The molecule has 0 bridgehead atoms. The van der Waals surface area contributed by atoms with Crippen molar-refractivity contribution in [3.63, 3.8) is 0 Å². The normalized spacial score (nSPS) is 25.0. The molecule has 4 rings (SSSR count). The zero-order chi connectivity index (χ0) is 13.7. The summed E-state index contributed by atoms with van der Waals surface area (Å²) >= 11 is 0. The van der Waals surface area contributed by atoms with Crippen LogP contribution in [0.4, 0.5) is 0 Å². The number of nitrogens with zero attached hydrogens (tertiary/aromatic N) is 5. The molecule has 8 nitrogen and oxygen atoms in total. The fraction of sp³-hybridized carbons (Fsp3) is 0.417. The van der Waals surface area contributed by atoms with Crippen molar-refractivity contribution in [3.05, 3.63) is 23.9 Å². The minimum atomic E-state index is -0.134. The first-order valence-corrected chi connectivity index (χ1v) is 6.48. The Bertz CT molecular complexity index is 711. The van der Waals surface area contributed by atoms with Gasteiger partial charge in [0, 0.05) is 25.6 Å². The molecule has 0 aliphatic carbocycles. The van der Waals surface area contributed by atoms with Crippen LogP contribution in [0.5, 0.6) is 0 Å². The third kappa shape index (κ3) is 1.50. The molecule has 0 unspecified atom stereocenters. The molecule has 0 spiro atoms. The van der Waals surface area contributed by atoms with Gasteiger partial charge >= 0.3 is 0 Å². The van der Waals surface area contributed by atoms with Crippen LogP contribution in [0.15, 0.2) is 18.2 Å². The Hall–Kier alpha value is -2.51. The number of aromatic nitrogens is 4. The van der Waals surface area contributed by atoms with E-state index in [2.05, 4.69) is 20.8 Å². The number of carbonyl (C=O) groups excluding carboxylic acids is 2. The minimum absolute atomic E-state index is 0.0472. The number of rotatable bonds is 1. The largest absolute Gasteiger partial charge is 0.355 e. The van der Waals surface area contributed by atoms with E-state index in [4.69, 9.17) is 0 Å². The lowest BCUT2D eigenvalue weighted by Gasteiger charge is -2.17. The van der Waals surface area contributed by atoms with Gasteiger partial charge in [-0.2, -0.15) is 4.52 Å². The monoisotopic (exact) mass is 272 g/mol. The summed E-state index contributed by atoms with van der Waals surface area (Å²) in [6.45, 7) is 1.72. The van der Waals surface area contributed by atoms with Gasteiger partial charge in [-0.05, 0) is 22.6 Å². The number of amides is 2. The maximum atomic E-state index is 12.6. The van der Waals surface area contributed by atoms with Crippen molar-refractivity contribution in [3.8, 4) is 0 Å². The van der Waals surface area contributed by atoms with Crippen molar-refractivity contribution in [2.75, 3.05) is 19.6 Å². The van der Waals surface area contributed by atoms with Crippen molar-refractivity contribution in [1.29, 1.82) is 0 Å². The molecule has 2 saturated heterocycles. The molecule has 2 fully saturated rings. The molecule has 2 atom stereocenters. The number of carbonyl (C=O) groups is 2. The maximum Gasteiger partial charge on any atom is 0.272 e. The average Bonchev–Trinajstić information content (AvgIpc) is 3.14. The van der Waals surface area contributed by atoms with E-state index >= 15 is 0 Å². The van der Waals surface area contributed by atoms with E-state index in [-0.39, 0.29) is 23.7 Å². The molecule has 2 aliphatic heterocycles. The first-order valence-electron chi connectivity index (χ1n) is 6.48. The molecule has 8 heteroatoms. The number of fused-ring (bicyclic) bond motifs is 2. The summed E-state index contributed by atoms with van der Waals surface area (Å²) in [5.41, 5.74) is 0.959. The van der Waals surface area contributed by atoms with Gasteiger partial charge in [-0.3, -0.25) is 9.59 Å². The highest BCUT2D eigenvalue weighted by Crippen LogP contribution is 2.28. The molecule has 0 saturated carbocycles. The summed E-state index contributed by atoms with van der Waals surface area (Å²) in [6, 6.07) is 5.19. The summed E-state index contributed by atoms with van der Waals surface area (Å²) < 4.78 is 1.43. The zero-order valence-electron chi connectivity index (χ0n) is 10.6. The van der Waals surface area contributed by atoms with Crippen LogP contribution in [0.25, 0.3) is 5.65 Å². The molecule has 4 heterocycles. The third-order valence-corrected chi connectivity index (χ3v) is 4.04. The van der Waals surface area contributed by atoms with Gasteiger partial charge in [0.15, 0.2) is 5.65 Å². The molecule has 2 aromatic heterocycles. The molecule has 0 radical (unpaired) electrons. The van der Waals surface area contributed by atoms with Crippen LogP contribution in [0.2, 0.25) is 0 Å². The lowest BCUT2D eigenvalue weighted by atomic mass is 10.0. The van der Waals surface area contributed by atoms with E-state index < -0.39 is 0 Å². The Kier molecular flexibility index (Phi) is 2.26. The third-order valence-electron chi connectivity index (χ3n) is 4.04. The molecule has 1 N–H and O–H groups in total. The first-order chi connectivity index (χ1) is 9.74. The van der Waals surface area contributed by atoms with E-state index in [1.807, 2.05) is 0 Å². The van der Waals surface area contributed by atoms with Crippen LogP contribution in [0.1, 0.15) is 10.5 Å². The summed E-state index contributed by atoms with van der Waals surface area (Å²) in [5, 5.41) is 14.1. The predicted molar refractivity (Wildman–Crippen MR) is 66.7 cm³/mol. The molecule has 2 aliphatic rings. The van der Waals surface area contributed by atoms with Gasteiger partial charge in [0.25, 0.3) is 5.91 Å². The Morgan fingerprint density at radius 1 is 1.35 bits per heavy atom. The van der Waals surface area contributed by atoms with Crippen molar-refractivity contribution in [2.24, 2.45) is 11.8 Å². The number of nitrogens with one attached hydrogen (secondary N) is 1. The number of likely N-dealkylation sites (tertiary alicyclic amines) is 1. The molecule has 0 aromatic carbocycles. The first kappa shape index (κ1) is 11.3. The predicted octanol–water partition coefficient (Wildman–Crippen LogP) is -1.06. The van der Waals surface area contributed by atoms with E-state index in [1.54, 1.807) is 23.1 Å². The molecule has 2 amide bonds. The number of hydrogen-bond acceptors (Lipinski definition) is 5. The lowest BCUT2D eigenvalue weighted by Crippen LogP contribution is -2.34. The van der Waals surface area contributed by atoms with Crippen molar-refractivity contribution in [1.82, 2.24) is 30.3 Å². The second kappa shape index (κ2) is 3.99. The quantitative estimate of drug-likeness (QED) is 0.714. The highest BCUT2D eigenvalue weighted by molar-refractivity contribution is 5.94. The summed E-state index contributed by atoms with van der Waals surface area (Å²) in [7, 11) is 0. The molecule has 2 aromatic rings. The smallest absolute Gasteiger partial charge is 0.272 e. The van der Waals surface area contributed by atoms with Gasteiger partial charge in [-0.1, -0.05) is 6.07 Å². The van der Waals surface area contributed by atoms with Crippen LogP contribution in [0.3, 0.4) is 0 Å². The summed E-state index contributed by atoms with van der Waals surface area (Å²) in [6.07, 6.45) is 0. The molecular formula is C12H12N6O2. The van der Waals surface area contributed by atoms with Crippen LogP contribution >= 0.6 is 0 Å². The Morgan fingerprint density at radius 2 is 2.25 bits per heavy atom. The van der Waals surface area contributed by atoms with Gasteiger partial charge in [-0.15, -0.1) is 5.10 Å². The summed E-state index contributed by atoms with van der Waals surface area (Å²) in [5.74, 6) is 0.0579. The Labute approximate surface area is 113 Å². The van der Waals surface area contributed by atoms with Crippen molar-refractivity contribution < 1.29 is 9.59 Å². The van der Waals surface area contributed by atoms with E-state index in [1.165, 1.54) is 4.52 Å². The van der Waals surface area contributed by atoms with Crippen LogP contribution in [-0.4, -0.2) is 56.4 Å². The Balaban J connectivity index is 1.65. The molecular weight excluding hydrogens is 260 g/mol. The van der Waals surface area contributed by atoms with Crippen LogP contribution in [0, 0.1) is 11.8 Å². The zero-order valence-corrected chi connectivity index (χ0v) is 10.6. The fourth-order valence-electron chi connectivity index (χ4n) is 2.99. The number of tetrazole rings is 1. The van der Waals surface area contributed by atoms with Gasteiger partial charge < -0.3 is 10.2 Å². The SMILES string of the molecule is O=C1NC[C@H]2CN(C(=O)c3cccc4nnnn34)C[C@@H]12. The highest BCUT2D eigenvalue weighted by Gasteiger charge is 2.43. The van der Waals surface area contributed by atoms with E-state index in [9.17, 15) is 9.59 Å². The van der Waals surface area contributed by atoms with Crippen molar-refractivity contribution >= 4 is 17.5 Å². The number of pyridine rings is 1. The van der Waals surface area contributed by atoms with Crippen LogP contribution in [-0.2, 0) is 4.79 Å². The van der Waals surface area contributed by atoms with E-state index in [0.29, 0.717) is 31.0 Å². The second-order valence-electron chi connectivity index (χ2n) is 5.18. The Morgan fingerprint density at radius 3 is 3.10 bits per heavy atom. The maximum absolute atomic E-state index is 12.6. The van der Waals surface area contributed by atoms with Crippen LogP contribution < -0.4 is 5.32 Å². The van der Waals surface area contributed by atoms with Gasteiger partial charge in [0.2, 0.25) is 5.91 Å². The standard InChI is InChI=1S/C12H12N6O2/c19-11-8-6-17(5-7(8)4-13-11)12(20)9-2-1-3-10-14-15-16-18(9)10/h1-3,7-8H,4-6H2,(H,13,19)/t7-,8+/m0/s1. The average molecular weight is 272 g/mol. The van der Waals surface area contributed by atoms with Crippen molar-refractivity contribution in [2.45, 2.75) is 0 Å². The topological polar surface area (TPSA) is 92.5 Å². The summed E-state index contributed by atoms with van der Waals surface area (Å²) in [4.78, 5) is 25.9. The minimum Gasteiger partial charge on any atom is -0.355 e. The highest BCUT2D eigenvalue weighted by atomic mass is 16.2. The van der Waals surface area contributed by atoms with E-state index in [0.717, 1.165) is 0 Å². The molecule has 20 heavy (non-hydrogen) atoms. The van der Waals surface area contributed by atoms with Gasteiger partial charge in [-0.25, -0.2) is 0 Å². The fourth-order valence-corrected chi connectivity index (χ4v) is 2.99. The van der Waals surface area contributed by atoms with Gasteiger partial charge in [0.1, 0.15) is 5.69 Å². The lowest BCUT2D eigenvalue weighted by molar-refractivity contribution is -0.122. The second-order valence-corrected chi connectivity index (χ2v) is 5.18.